The molecule has 0 amide bonds. The van der Waals surface area contributed by atoms with Crippen LogP contribution in [-0.2, 0) is 13.0 Å². The number of nitrogens with zero attached hydrogens (tertiary/aromatic N) is 3. The molecule has 3 heterocycles. The van der Waals surface area contributed by atoms with Crippen molar-refractivity contribution in [3.63, 3.8) is 0 Å². The average molecular weight is 438 g/mol. The van der Waals surface area contributed by atoms with Crippen molar-refractivity contribution in [1.82, 2.24) is 9.97 Å². The number of fused-ring (bicyclic) bond motifs is 1. The van der Waals surface area contributed by atoms with Crippen molar-refractivity contribution in [2.45, 2.75) is 37.7 Å². The molecule has 1 saturated heterocycles. The first-order chi connectivity index (χ1) is 15.2. The number of anilines is 1. The molecular weight excluding hydrogens is 413 g/mol. The predicted molar refractivity (Wildman–Crippen MR) is 120 cm³/mol. The fraction of sp³-hybridized carbons (Fsp3) is 0.333. The molecule has 0 N–H and O–H groups in total. The molecule has 7 heteroatoms. The number of aryl methyl sites for hydroxylation is 1. The van der Waals surface area contributed by atoms with Gasteiger partial charge in [0.15, 0.2) is 17.4 Å². The van der Waals surface area contributed by atoms with Crippen LogP contribution in [0.15, 0.2) is 47.5 Å². The summed E-state index contributed by atoms with van der Waals surface area (Å²) in [5, 5.41) is 0. The molecule has 3 aromatic rings. The van der Waals surface area contributed by atoms with E-state index in [1.165, 1.54) is 12.8 Å². The van der Waals surface area contributed by atoms with Gasteiger partial charge in [0.2, 0.25) is 0 Å². The Bertz CT molecular complexity index is 1100. The maximum Gasteiger partial charge on any atom is 0.172 e. The van der Waals surface area contributed by atoms with E-state index in [1.807, 2.05) is 24.4 Å². The van der Waals surface area contributed by atoms with E-state index < -0.39 is 5.82 Å². The molecule has 0 radical (unpaired) electrons. The molecule has 160 valence electrons. The standard InChI is InChI=1S/C24H24FN3O2S/c1-2-16-13-26-22(27-24(16)28-10-3-4-11-28)14-29-19-7-5-6-18(23(19)25)17-8-9-21-20(12-17)30-15-31-21/h5-9,12-13H,2-4,10-11,14-15H2,1H3. The fourth-order valence-electron chi connectivity index (χ4n) is 4.01. The summed E-state index contributed by atoms with van der Waals surface area (Å²) in [6.45, 7) is 4.26. The first-order valence-electron chi connectivity index (χ1n) is 10.6. The van der Waals surface area contributed by atoms with Gasteiger partial charge in [-0.25, -0.2) is 14.4 Å². The van der Waals surface area contributed by atoms with E-state index in [2.05, 4.69) is 16.8 Å². The summed E-state index contributed by atoms with van der Waals surface area (Å²) < 4.78 is 26.6. The van der Waals surface area contributed by atoms with Gasteiger partial charge >= 0.3 is 0 Å². The highest BCUT2D eigenvalue weighted by Crippen LogP contribution is 2.40. The van der Waals surface area contributed by atoms with E-state index in [-0.39, 0.29) is 12.4 Å². The topological polar surface area (TPSA) is 47.5 Å². The molecule has 2 aliphatic heterocycles. The summed E-state index contributed by atoms with van der Waals surface area (Å²) in [5.74, 6) is 2.75. The zero-order valence-electron chi connectivity index (χ0n) is 17.4. The average Bonchev–Trinajstić information content (AvgIpc) is 3.50. The smallest absolute Gasteiger partial charge is 0.172 e. The normalized spacial score (nSPS) is 15.1. The highest BCUT2D eigenvalue weighted by atomic mass is 32.2. The van der Waals surface area contributed by atoms with Gasteiger partial charge < -0.3 is 14.4 Å². The molecule has 2 aromatic carbocycles. The van der Waals surface area contributed by atoms with Gasteiger partial charge in [0, 0.05) is 30.4 Å². The third-order valence-electron chi connectivity index (χ3n) is 5.68. The third-order valence-corrected chi connectivity index (χ3v) is 6.57. The van der Waals surface area contributed by atoms with Gasteiger partial charge in [0.1, 0.15) is 24.1 Å². The highest BCUT2D eigenvalue weighted by Gasteiger charge is 2.19. The number of hydrogen-bond donors (Lipinski definition) is 0. The minimum absolute atomic E-state index is 0.120. The lowest BCUT2D eigenvalue weighted by molar-refractivity contribution is 0.281. The zero-order chi connectivity index (χ0) is 21.2. The van der Waals surface area contributed by atoms with Crippen LogP contribution in [0.2, 0.25) is 0 Å². The van der Waals surface area contributed by atoms with Crippen LogP contribution in [0.1, 0.15) is 31.2 Å². The lowest BCUT2D eigenvalue weighted by Crippen LogP contribution is -2.22. The molecule has 31 heavy (non-hydrogen) atoms. The number of ether oxygens (including phenoxy) is 2. The van der Waals surface area contributed by atoms with E-state index >= 15 is 4.39 Å². The Labute approximate surface area is 185 Å². The van der Waals surface area contributed by atoms with Crippen LogP contribution in [-0.4, -0.2) is 29.0 Å². The van der Waals surface area contributed by atoms with Gasteiger partial charge in [-0.05, 0) is 43.0 Å². The maximum atomic E-state index is 15.2. The Morgan fingerprint density at radius 2 is 2.06 bits per heavy atom. The van der Waals surface area contributed by atoms with E-state index in [0.29, 0.717) is 17.3 Å². The summed E-state index contributed by atoms with van der Waals surface area (Å²) in [5.41, 5.74) is 2.39. The molecule has 1 aromatic heterocycles. The Hall–Kier alpha value is -2.80. The minimum atomic E-state index is -0.391. The molecule has 0 spiro atoms. The first-order valence-corrected chi connectivity index (χ1v) is 11.6. The van der Waals surface area contributed by atoms with Crippen LogP contribution in [0.4, 0.5) is 10.2 Å². The Kier molecular flexibility index (Phi) is 5.68. The number of rotatable bonds is 6. The molecule has 5 rings (SSSR count). The molecule has 0 bridgehead atoms. The largest absolute Gasteiger partial charge is 0.483 e. The Balaban J connectivity index is 1.36. The number of halogens is 1. The molecule has 0 atom stereocenters. The number of aromatic nitrogens is 2. The van der Waals surface area contributed by atoms with Crippen molar-refractivity contribution in [3.8, 4) is 22.6 Å². The second kappa shape index (κ2) is 8.75. The predicted octanol–water partition coefficient (Wildman–Crippen LogP) is 5.47. The monoisotopic (exact) mass is 437 g/mol. The van der Waals surface area contributed by atoms with Crippen molar-refractivity contribution in [1.29, 1.82) is 0 Å². The van der Waals surface area contributed by atoms with Gasteiger partial charge in [-0.1, -0.05) is 36.9 Å². The van der Waals surface area contributed by atoms with Gasteiger partial charge in [-0.3, -0.25) is 0 Å². The number of benzene rings is 2. The van der Waals surface area contributed by atoms with Crippen molar-refractivity contribution < 1.29 is 13.9 Å². The molecule has 0 aliphatic carbocycles. The molecule has 5 nitrogen and oxygen atoms in total. The summed E-state index contributed by atoms with van der Waals surface area (Å²) in [4.78, 5) is 12.6. The van der Waals surface area contributed by atoms with Crippen molar-refractivity contribution in [3.05, 3.63) is 59.8 Å². The second-order valence-electron chi connectivity index (χ2n) is 7.66. The summed E-state index contributed by atoms with van der Waals surface area (Å²) in [6.07, 6.45) is 5.12. The van der Waals surface area contributed by atoms with Crippen molar-refractivity contribution in [2.75, 3.05) is 23.9 Å². The van der Waals surface area contributed by atoms with Crippen molar-refractivity contribution in [2.24, 2.45) is 0 Å². The molecule has 2 aliphatic rings. The van der Waals surface area contributed by atoms with Crippen LogP contribution in [0, 0.1) is 5.82 Å². The molecule has 1 fully saturated rings. The van der Waals surface area contributed by atoms with Gasteiger partial charge in [-0.2, -0.15) is 0 Å². The van der Waals surface area contributed by atoms with Crippen LogP contribution < -0.4 is 14.4 Å². The molecule has 0 unspecified atom stereocenters. The van der Waals surface area contributed by atoms with E-state index in [0.717, 1.165) is 47.1 Å². The first kappa shape index (κ1) is 20.1. The molecule has 0 saturated carbocycles. The van der Waals surface area contributed by atoms with Crippen LogP contribution >= 0.6 is 11.8 Å². The van der Waals surface area contributed by atoms with E-state index in [4.69, 9.17) is 14.5 Å². The fourth-order valence-corrected chi connectivity index (χ4v) is 4.74. The minimum Gasteiger partial charge on any atom is -0.483 e. The van der Waals surface area contributed by atoms with Gasteiger partial charge in [-0.15, -0.1) is 0 Å². The molecular formula is C24H24FN3O2S. The highest BCUT2D eigenvalue weighted by molar-refractivity contribution is 7.99. The van der Waals surface area contributed by atoms with E-state index in [1.54, 1.807) is 30.0 Å². The lowest BCUT2D eigenvalue weighted by Gasteiger charge is -2.20. The zero-order valence-corrected chi connectivity index (χ0v) is 18.3. The maximum absolute atomic E-state index is 15.2. The summed E-state index contributed by atoms with van der Waals surface area (Å²) >= 11 is 1.64. The van der Waals surface area contributed by atoms with Crippen molar-refractivity contribution >= 4 is 17.6 Å². The van der Waals surface area contributed by atoms with Crippen LogP contribution in [0.5, 0.6) is 11.5 Å². The van der Waals surface area contributed by atoms with E-state index in [9.17, 15) is 0 Å². The van der Waals surface area contributed by atoms with Gasteiger partial charge in [0.25, 0.3) is 0 Å². The number of thioether (sulfide) groups is 1. The van der Waals surface area contributed by atoms with Crippen LogP contribution in [0.3, 0.4) is 0 Å². The SMILES string of the molecule is CCc1cnc(COc2cccc(-c3ccc4c(c3)OCS4)c2F)nc1N1CCCC1. The number of hydrogen-bond acceptors (Lipinski definition) is 6. The summed E-state index contributed by atoms with van der Waals surface area (Å²) in [6, 6.07) is 11.0. The quantitative estimate of drug-likeness (QED) is 0.510. The van der Waals surface area contributed by atoms with Crippen LogP contribution in [0.25, 0.3) is 11.1 Å². The van der Waals surface area contributed by atoms with Gasteiger partial charge in [0.05, 0.1) is 4.90 Å². The third kappa shape index (κ3) is 4.06. The lowest BCUT2D eigenvalue weighted by atomic mass is 10.0. The second-order valence-corrected chi connectivity index (χ2v) is 8.62. The Morgan fingerprint density at radius 3 is 2.90 bits per heavy atom. The Morgan fingerprint density at radius 1 is 1.19 bits per heavy atom. The summed E-state index contributed by atoms with van der Waals surface area (Å²) in [7, 11) is 0.